The van der Waals surface area contributed by atoms with Crippen molar-refractivity contribution in [3.8, 4) is 0 Å². The maximum Gasteiger partial charge on any atom is 0.335 e. The minimum atomic E-state index is -2.86. The van der Waals surface area contributed by atoms with Gasteiger partial charge >= 0.3 is 17.9 Å². The summed E-state index contributed by atoms with van der Waals surface area (Å²) in [5.74, 6) is -18.0. The fourth-order valence-corrected chi connectivity index (χ4v) is 11.9. The number of esters is 1. The molecule has 33 heteroatoms. The standard InChI is InChI=1S/C63H107N11O22/c1-6-7-8-9-10-11-15-18-21-25-39-33-45(81)74(44(80)32-38(77)24-20-17-14-12-13-16-19-23-35(2)3)48(37(5)76)55(86)67-36(4)58(89)72-30-27-42(78)49(72)56(87)68-40(26-22-29-66-63(64)65)53(84)70-46(51(82)60(91)92)54(85)69-41(34-75)59(90)73-31-28-43(79)50(73)57(88)71-47(62(95)96-39)52(83)61(93)94/h35-43,46-52,75-79,82-83H,6-34H2,1-5H3,(H,67,86)(H,68,87)(H,69,85)(H,70,84)(H,71,88)(H,91,92)(H,93,94)(H4,64,65,66)/t36-,37-,38?,39?,40?,41?,42+,43+,46-,47+,48?,49+,50+,51-,52+/m1/s1. The van der Waals surface area contributed by atoms with Gasteiger partial charge in [-0.3, -0.25) is 53.0 Å². The Labute approximate surface area is 559 Å². The number of cyclic esters (lactones) is 1. The summed E-state index contributed by atoms with van der Waals surface area (Å²) in [6, 6.07) is -17.2. The summed E-state index contributed by atoms with van der Waals surface area (Å²) in [4.78, 5) is 175. The third-order valence-electron chi connectivity index (χ3n) is 17.3. The predicted molar refractivity (Wildman–Crippen MR) is 343 cm³/mol. The number of carboxylic acids is 2. The average Bonchev–Trinajstić information content (AvgIpc) is 1.48. The number of ether oxygens (including phenoxy) is 1. The van der Waals surface area contributed by atoms with Crippen molar-refractivity contribution in [3.63, 3.8) is 0 Å². The highest BCUT2D eigenvalue weighted by Gasteiger charge is 2.49. The van der Waals surface area contributed by atoms with E-state index in [2.05, 4.69) is 36.4 Å². The lowest BCUT2D eigenvalue weighted by atomic mass is 10.0. The molecule has 0 bridgehead atoms. The van der Waals surface area contributed by atoms with Gasteiger partial charge < -0.3 is 98.5 Å². The number of carboxylic acid groups (broad SMARTS) is 2. The number of hydrogen-bond donors (Lipinski definition) is 16. The lowest BCUT2D eigenvalue weighted by Crippen LogP contribution is -2.64. The van der Waals surface area contributed by atoms with Crippen LogP contribution in [-0.2, 0) is 62.3 Å². The number of nitrogens with one attached hydrogen (secondary N) is 5. The zero-order valence-electron chi connectivity index (χ0n) is 56.0. The number of unbranched alkanes of at least 4 members (excludes halogenated alkanes) is 14. The molecule has 3 aliphatic heterocycles. The van der Waals surface area contributed by atoms with Gasteiger partial charge in [-0.2, -0.15) is 0 Å². The van der Waals surface area contributed by atoms with Crippen LogP contribution in [0.5, 0.6) is 0 Å². The highest BCUT2D eigenvalue weighted by molar-refractivity contribution is 6.03. The first-order chi connectivity index (χ1) is 45.4. The molecule has 15 atom stereocenters. The normalized spacial score (nSPS) is 26.2. The maximum absolute atomic E-state index is 15.1. The predicted octanol–water partition coefficient (Wildman–Crippen LogP) is -2.45. The molecule has 0 aromatic carbocycles. The van der Waals surface area contributed by atoms with Crippen LogP contribution in [0.1, 0.15) is 195 Å². The zero-order valence-corrected chi connectivity index (χ0v) is 56.0. The molecule has 3 fully saturated rings. The van der Waals surface area contributed by atoms with Gasteiger partial charge in [-0.25, -0.2) is 14.4 Å². The molecule has 5 unspecified atom stereocenters. The number of aliphatic hydroxyl groups excluding tert-OH is 7. The van der Waals surface area contributed by atoms with Crippen LogP contribution in [0.25, 0.3) is 0 Å². The molecule has 0 aromatic heterocycles. The first-order valence-electron chi connectivity index (χ1n) is 33.8. The summed E-state index contributed by atoms with van der Waals surface area (Å²) < 4.78 is 5.76. The van der Waals surface area contributed by atoms with Gasteiger partial charge in [0.15, 0.2) is 24.2 Å². The number of carbonyl (C=O) groups is 12. The Balaban J connectivity index is 2.27. The van der Waals surface area contributed by atoms with Gasteiger partial charge in [0.25, 0.3) is 0 Å². The van der Waals surface area contributed by atoms with E-state index < -0.39 is 201 Å². The van der Waals surface area contributed by atoms with Crippen molar-refractivity contribution in [2.24, 2.45) is 22.4 Å². The van der Waals surface area contributed by atoms with E-state index in [9.17, 15) is 98.7 Å². The average molecular weight is 1370 g/mol. The number of aliphatic hydroxyl groups is 7. The highest BCUT2D eigenvalue weighted by atomic mass is 16.5. The van der Waals surface area contributed by atoms with Gasteiger partial charge in [0.05, 0.1) is 43.9 Å². The summed E-state index contributed by atoms with van der Waals surface area (Å²) in [7, 11) is 0. The van der Waals surface area contributed by atoms with Gasteiger partial charge in [0, 0.05) is 19.6 Å². The molecule has 3 aliphatic rings. The Morgan fingerprint density at radius 3 is 1.60 bits per heavy atom. The number of carbonyl (C=O) groups excluding carboxylic acids is 10. The van der Waals surface area contributed by atoms with Gasteiger partial charge in [0.2, 0.25) is 53.2 Å². The van der Waals surface area contributed by atoms with Gasteiger partial charge in [-0.1, -0.05) is 124 Å². The van der Waals surface area contributed by atoms with Crippen molar-refractivity contribution in [3.05, 3.63) is 0 Å². The molecule has 33 nitrogen and oxygen atoms in total. The van der Waals surface area contributed by atoms with Crippen LogP contribution in [0.3, 0.4) is 0 Å². The van der Waals surface area contributed by atoms with Crippen LogP contribution in [0.4, 0.5) is 0 Å². The largest absolute Gasteiger partial charge is 0.479 e. The van der Waals surface area contributed by atoms with E-state index in [-0.39, 0.29) is 51.2 Å². The number of hydrogen-bond acceptors (Lipinski definition) is 21. The number of nitrogens with two attached hydrogens (primary N) is 2. The van der Waals surface area contributed by atoms with Gasteiger partial charge in [0.1, 0.15) is 48.4 Å². The van der Waals surface area contributed by atoms with E-state index in [1.54, 1.807) is 0 Å². The minimum Gasteiger partial charge on any atom is -0.479 e. The second kappa shape index (κ2) is 42.5. The summed E-state index contributed by atoms with van der Waals surface area (Å²) in [5.41, 5.74) is 10.9. The molecule has 9 amide bonds. The van der Waals surface area contributed by atoms with Crippen LogP contribution in [0.2, 0.25) is 0 Å². The number of amides is 9. The van der Waals surface area contributed by atoms with Crippen molar-refractivity contribution in [2.75, 3.05) is 26.2 Å². The smallest absolute Gasteiger partial charge is 0.335 e. The number of imide groups is 1. The van der Waals surface area contributed by atoms with Gasteiger partial charge in [-0.15, -0.1) is 0 Å². The molecule has 0 aromatic rings. The molecule has 0 saturated carbocycles. The maximum atomic E-state index is 15.1. The number of aliphatic imine (C=N–C) groups is 1. The Morgan fingerprint density at radius 2 is 1.08 bits per heavy atom. The monoisotopic (exact) mass is 1370 g/mol. The quantitative estimate of drug-likeness (QED) is 0.0144. The Bertz CT molecular complexity index is 2610. The van der Waals surface area contributed by atoms with Crippen molar-refractivity contribution < 1.29 is 108 Å². The van der Waals surface area contributed by atoms with Crippen molar-refractivity contribution in [2.45, 2.75) is 286 Å². The fraction of sp³-hybridized carbons (Fsp3) is 0.794. The molecule has 0 aliphatic carbocycles. The molecular weight excluding hydrogens is 1260 g/mol. The first kappa shape index (κ1) is 83.1. The number of aliphatic carboxylic acids is 2. The Hall–Kier alpha value is -7.17. The summed E-state index contributed by atoms with van der Waals surface area (Å²) in [6.45, 7) is 6.06. The van der Waals surface area contributed by atoms with Crippen LogP contribution in [-0.4, -0.2) is 255 Å². The molecule has 0 radical (unpaired) electrons. The van der Waals surface area contributed by atoms with Crippen molar-refractivity contribution >= 4 is 77.0 Å². The van der Waals surface area contributed by atoms with Crippen LogP contribution >= 0.6 is 0 Å². The van der Waals surface area contributed by atoms with Crippen LogP contribution in [0.15, 0.2) is 4.99 Å². The molecule has 96 heavy (non-hydrogen) atoms. The minimum absolute atomic E-state index is 0.0621. The lowest BCUT2D eigenvalue weighted by Gasteiger charge is -2.34. The zero-order chi connectivity index (χ0) is 71.9. The van der Waals surface area contributed by atoms with Crippen molar-refractivity contribution in [1.29, 1.82) is 0 Å². The summed E-state index contributed by atoms with van der Waals surface area (Å²) >= 11 is 0. The molecule has 3 saturated heterocycles. The van der Waals surface area contributed by atoms with Crippen molar-refractivity contribution in [1.82, 2.24) is 41.3 Å². The van der Waals surface area contributed by atoms with Gasteiger partial charge in [-0.05, 0) is 64.7 Å². The van der Waals surface area contributed by atoms with Crippen LogP contribution < -0.4 is 38.1 Å². The number of rotatable bonds is 32. The van der Waals surface area contributed by atoms with E-state index in [0.29, 0.717) is 41.4 Å². The van der Waals surface area contributed by atoms with E-state index >= 15 is 4.79 Å². The van der Waals surface area contributed by atoms with E-state index in [1.807, 2.05) is 16.0 Å². The third-order valence-corrected chi connectivity index (χ3v) is 17.3. The number of guanidine groups is 1. The molecule has 3 heterocycles. The highest BCUT2D eigenvalue weighted by Crippen LogP contribution is 2.25. The second-order valence-corrected chi connectivity index (χ2v) is 25.7. The Kier molecular flexibility index (Phi) is 36.8. The van der Waals surface area contributed by atoms with E-state index in [4.69, 9.17) is 16.2 Å². The molecule has 18 N–H and O–H groups in total. The second-order valence-electron chi connectivity index (χ2n) is 25.7. The molecule has 3 rings (SSSR count). The van der Waals surface area contributed by atoms with E-state index in [1.165, 1.54) is 0 Å². The first-order valence-corrected chi connectivity index (χ1v) is 33.8. The third kappa shape index (κ3) is 26.7. The Morgan fingerprint density at radius 1 is 0.594 bits per heavy atom. The van der Waals surface area contributed by atoms with Crippen LogP contribution in [0, 0.1) is 5.92 Å². The topological polar surface area (TPSA) is 530 Å². The molecule has 546 valence electrons. The fourth-order valence-electron chi connectivity index (χ4n) is 11.9. The number of fused-ring (bicyclic) bond motifs is 2. The SMILES string of the molecule is CCCCCCCCCCCC1CC(=O)N(C(=O)CC(O)CCCCCCCCCC(C)C)C([C@@H](C)O)C(=O)N[C@H](C)C(=O)N2CC[C@H](O)[C@H]2C(=O)NC(CCCN=C(N)N)C(=O)N[C@H]([C@@H](O)C(=O)O)C(=O)NC(CO)C(=O)N2CC[C@H](O)[C@H]2C(=O)N[C@@H]([C@H](O)C(=O)O)C(=O)O1. The summed E-state index contributed by atoms with van der Waals surface area (Å²) in [5, 5.41) is 108. The number of nitrogens with zero attached hydrogens (tertiary/aromatic N) is 4. The summed E-state index contributed by atoms with van der Waals surface area (Å²) in [6.07, 6.45) is -3.33. The van der Waals surface area contributed by atoms with E-state index in [0.717, 1.165) is 95.8 Å². The lowest BCUT2D eigenvalue weighted by molar-refractivity contribution is -0.167. The molecular formula is C63H107N11O22. The molecule has 0 spiro atoms.